The summed E-state index contributed by atoms with van der Waals surface area (Å²) >= 11 is 0. The molecule has 3 N–H and O–H groups in total. The van der Waals surface area contributed by atoms with Crippen molar-refractivity contribution in [2.75, 3.05) is 26.2 Å². The molecule has 4 heteroatoms. The maximum Gasteiger partial charge on any atom is 0.0513 e. The number of nitrogens with one attached hydrogen (secondary N) is 1. The van der Waals surface area contributed by atoms with Crippen molar-refractivity contribution in [1.82, 2.24) is 5.32 Å². The number of nitrogens with two attached hydrogens (primary N) is 1. The van der Waals surface area contributed by atoms with Crippen LogP contribution in [0.5, 0.6) is 0 Å². The molecule has 0 aliphatic rings. The predicted molar refractivity (Wildman–Crippen MR) is 77.4 cm³/mol. The normalized spacial score (nSPS) is 12.7. The summed E-state index contributed by atoms with van der Waals surface area (Å²) in [6, 6.07) is 0. The topological polar surface area (TPSA) is 62.8 Å². The zero-order valence-electron chi connectivity index (χ0n) is 12.0. The Bertz CT molecular complexity index is 263. The number of hydrogen-bond acceptors (Lipinski definition) is 4. The van der Waals surface area contributed by atoms with Crippen molar-refractivity contribution >= 4 is 11.4 Å². The molecule has 0 saturated heterocycles. The molecule has 0 aliphatic carbocycles. The average Bonchev–Trinajstić information content (AvgIpc) is 2.20. The smallest absolute Gasteiger partial charge is 0.0513 e. The van der Waals surface area contributed by atoms with Gasteiger partial charge < -0.3 is 11.1 Å². The fourth-order valence-corrected chi connectivity index (χ4v) is 1.69. The molecule has 0 unspecified atom stereocenters. The molecule has 0 aromatic carbocycles. The van der Waals surface area contributed by atoms with Gasteiger partial charge in [0.1, 0.15) is 0 Å². The van der Waals surface area contributed by atoms with Crippen LogP contribution in [0.3, 0.4) is 0 Å². The third-order valence-electron chi connectivity index (χ3n) is 2.35. The minimum absolute atomic E-state index is 0.0688. The van der Waals surface area contributed by atoms with Gasteiger partial charge in [-0.25, -0.2) is 0 Å². The molecule has 0 heterocycles. The third-order valence-corrected chi connectivity index (χ3v) is 2.35. The lowest BCUT2D eigenvalue weighted by molar-refractivity contribution is 0.407. The summed E-state index contributed by atoms with van der Waals surface area (Å²) in [6.45, 7) is 13.6. The Balaban J connectivity index is 3.98. The molecule has 0 saturated carbocycles. The van der Waals surface area contributed by atoms with Gasteiger partial charge in [0.15, 0.2) is 0 Å². The van der Waals surface area contributed by atoms with E-state index in [1.165, 1.54) is 0 Å². The second-order valence-electron chi connectivity index (χ2n) is 5.22. The predicted octanol–water partition coefficient (Wildman–Crippen LogP) is 1.65. The van der Waals surface area contributed by atoms with Crippen LogP contribution in [0, 0.1) is 0 Å². The lowest BCUT2D eigenvalue weighted by atomic mass is 9.98. The van der Waals surface area contributed by atoms with Gasteiger partial charge in [0.25, 0.3) is 0 Å². The van der Waals surface area contributed by atoms with Gasteiger partial charge in [-0.3, -0.25) is 9.98 Å². The van der Waals surface area contributed by atoms with E-state index in [1.54, 1.807) is 0 Å². The van der Waals surface area contributed by atoms with Crippen LogP contribution in [-0.2, 0) is 0 Å². The molecule has 0 aromatic rings. The van der Waals surface area contributed by atoms with Gasteiger partial charge in [0.2, 0.25) is 0 Å². The molecule has 17 heavy (non-hydrogen) atoms. The first-order chi connectivity index (χ1) is 7.87. The van der Waals surface area contributed by atoms with Crippen LogP contribution >= 0.6 is 0 Å². The van der Waals surface area contributed by atoms with E-state index >= 15 is 0 Å². The van der Waals surface area contributed by atoms with E-state index in [1.807, 2.05) is 13.8 Å². The van der Waals surface area contributed by atoms with Crippen molar-refractivity contribution in [2.24, 2.45) is 15.7 Å². The number of hydrogen-bond donors (Lipinski definition) is 2. The Morgan fingerprint density at radius 1 is 1.12 bits per heavy atom. The summed E-state index contributed by atoms with van der Waals surface area (Å²) < 4.78 is 0. The highest BCUT2D eigenvalue weighted by molar-refractivity contribution is 5.83. The van der Waals surface area contributed by atoms with E-state index in [0.717, 1.165) is 37.5 Å². The number of aliphatic imine (C=N–C) groups is 2. The molecule has 0 fully saturated rings. The zero-order valence-corrected chi connectivity index (χ0v) is 12.0. The van der Waals surface area contributed by atoms with Crippen molar-refractivity contribution in [3.63, 3.8) is 0 Å². The Hall–Kier alpha value is -0.740. The average molecular weight is 240 g/mol. The van der Waals surface area contributed by atoms with Crippen LogP contribution in [0.1, 0.15) is 41.0 Å². The molecule has 0 rings (SSSR count). The van der Waals surface area contributed by atoms with Gasteiger partial charge in [-0.1, -0.05) is 0 Å². The quantitative estimate of drug-likeness (QED) is 0.500. The van der Waals surface area contributed by atoms with Crippen molar-refractivity contribution in [1.29, 1.82) is 0 Å². The van der Waals surface area contributed by atoms with E-state index < -0.39 is 0 Å². The Labute approximate surface area is 106 Å². The standard InChI is InChI=1S/C13H28N4/c1-11(2)15-8-9-17-13(4,5)10-12(3)16-7-6-14/h17H,6-10,14H2,1-5H3. The zero-order chi connectivity index (χ0) is 13.3. The van der Waals surface area contributed by atoms with Crippen molar-refractivity contribution in [3.05, 3.63) is 0 Å². The second kappa shape index (κ2) is 8.37. The van der Waals surface area contributed by atoms with E-state index in [2.05, 4.69) is 36.1 Å². The molecule has 0 aromatic heterocycles. The van der Waals surface area contributed by atoms with E-state index in [9.17, 15) is 0 Å². The molecule has 0 bridgehead atoms. The highest BCUT2D eigenvalue weighted by Gasteiger charge is 2.17. The minimum Gasteiger partial charge on any atom is -0.329 e. The first-order valence-electron chi connectivity index (χ1n) is 6.30. The maximum absolute atomic E-state index is 5.43. The summed E-state index contributed by atoms with van der Waals surface area (Å²) in [5.41, 5.74) is 7.78. The van der Waals surface area contributed by atoms with E-state index in [0.29, 0.717) is 6.54 Å². The highest BCUT2D eigenvalue weighted by Crippen LogP contribution is 2.09. The van der Waals surface area contributed by atoms with Crippen LogP contribution in [0.25, 0.3) is 0 Å². The molecule has 4 nitrogen and oxygen atoms in total. The van der Waals surface area contributed by atoms with Crippen molar-refractivity contribution in [3.8, 4) is 0 Å². The van der Waals surface area contributed by atoms with Gasteiger partial charge in [0.05, 0.1) is 13.1 Å². The van der Waals surface area contributed by atoms with Gasteiger partial charge in [-0.2, -0.15) is 0 Å². The molecule has 0 atom stereocenters. The fourth-order valence-electron chi connectivity index (χ4n) is 1.69. The molecule has 100 valence electrons. The van der Waals surface area contributed by atoms with Gasteiger partial charge in [0, 0.05) is 36.5 Å². The second-order valence-corrected chi connectivity index (χ2v) is 5.22. The number of rotatable bonds is 8. The van der Waals surface area contributed by atoms with Crippen LogP contribution in [0.4, 0.5) is 0 Å². The SMILES string of the molecule is CC(C)=NCCNC(C)(C)CC(C)=NCCN. The summed E-state index contributed by atoms with van der Waals surface area (Å²) in [4.78, 5) is 8.77. The van der Waals surface area contributed by atoms with Gasteiger partial charge >= 0.3 is 0 Å². The monoisotopic (exact) mass is 240 g/mol. The highest BCUT2D eigenvalue weighted by atomic mass is 15.0. The molecule has 0 radical (unpaired) electrons. The third kappa shape index (κ3) is 10.1. The first-order valence-corrected chi connectivity index (χ1v) is 6.30. The van der Waals surface area contributed by atoms with Crippen LogP contribution in [0.2, 0.25) is 0 Å². The summed E-state index contributed by atoms with van der Waals surface area (Å²) in [5.74, 6) is 0. The molecular formula is C13H28N4. The van der Waals surface area contributed by atoms with Crippen LogP contribution in [-0.4, -0.2) is 43.1 Å². The largest absolute Gasteiger partial charge is 0.329 e. The van der Waals surface area contributed by atoms with Gasteiger partial charge in [-0.15, -0.1) is 0 Å². The van der Waals surface area contributed by atoms with E-state index in [-0.39, 0.29) is 5.54 Å². The minimum atomic E-state index is 0.0688. The maximum atomic E-state index is 5.43. The molecular weight excluding hydrogens is 212 g/mol. The van der Waals surface area contributed by atoms with Crippen molar-refractivity contribution < 1.29 is 0 Å². The summed E-state index contributed by atoms with van der Waals surface area (Å²) in [5, 5.41) is 3.50. The van der Waals surface area contributed by atoms with Crippen molar-refractivity contribution in [2.45, 2.75) is 46.6 Å². The fraction of sp³-hybridized carbons (Fsp3) is 0.846. The molecule has 0 spiro atoms. The lowest BCUT2D eigenvalue weighted by Crippen LogP contribution is -2.42. The number of nitrogens with zero attached hydrogens (tertiary/aromatic N) is 2. The summed E-state index contributed by atoms with van der Waals surface area (Å²) in [7, 11) is 0. The lowest BCUT2D eigenvalue weighted by Gasteiger charge is -2.26. The Morgan fingerprint density at radius 2 is 1.76 bits per heavy atom. The summed E-state index contributed by atoms with van der Waals surface area (Å²) in [6.07, 6.45) is 0.946. The Kier molecular flexibility index (Phi) is 8.00. The first kappa shape index (κ1) is 16.3. The van der Waals surface area contributed by atoms with Crippen LogP contribution in [0.15, 0.2) is 9.98 Å². The molecule has 0 amide bonds. The molecule has 0 aliphatic heterocycles. The van der Waals surface area contributed by atoms with E-state index in [4.69, 9.17) is 5.73 Å². The van der Waals surface area contributed by atoms with Crippen LogP contribution < -0.4 is 11.1 Å². The Morgan fingerprint density at radius 3 is 2.29 bits per heavy atom. The van der Waals surface area contributed by atoms with Gasteiger partial charge in [-0.05, 0) is 34.6 Å².